The Hall–Kier alpha value is -4.47. The molecular formula is C27H28N6O4. The van der Waals surface area contributed by atoms with Gasteiger partial charge in [0.15, 0.2) is 0 Å². The number of rotatable bonds is 6. The Balaban J connectivity index is 1.24. The third-order valence-corrected chi connectivity index (χ3v) is 6.47. The molecule has 0 aliphatic carbocycles. The zero-order valence-corrected chi connectivity index (χ0v) is 20.5. The first-order valence-corrected chi connectivity index (χ1v) is 12.3. The summed E-state index contributed by atoms with van der Waals surface area (Å²) in [7, 11) is 1.63. The van der Waals surface area contributed by atoms with Crippen molar-refractivity contribution in [3.63, 3.8) is 0 Å². The van der Waals surface area contributed by atoms with Crippen molar-refractivity contribution in [1.29, 1.82) is 0 Å². The zero-order chi connectivity index (χ0) is 25.8. The van der Waals surface area contributed by atoms with Gasteiger partial charge in [-0.2, -0.15) is 0 Å². The highest BCUT2D eigenvalue weighted by atomic mass is 16.5. The fourth-order valence-electron chi connectivity index (χ4n) is 4.42. The van der Waals surface area contributed by atoms with Gasteiger partial charge in [0.05, 0.1) is 5.69 Å². The third kappa shape index (κ3) is 5.53. The van der Waals surface area contributed by atoms with Crippen LogP contribution in [0.3, 0.4) is 0 Å². The second-order valence-corrected chi connectivity index (χ2v) is 9.10. The van der Waals surface area contributed by atoms with Crippen molar-refractivity contribution < 1.29 is 19.1 Å². The van der Waals surface area contributed by atoms with E-state index in [9.17, 15) is 14.4 Å². The van der Waals surface area contributed by atoms with Gasteiger partial charge < -0.3 is 19.9 Å². The molecule has 3 aromatic rings. The van der Waals surface area contributed by atoms with Crippen LogP contribution in [0.5, 0.6) is 5.75 Å². The van der Waals surface area contributed by atoms with Crippen molar-refractivity contribution in [1.82, 2.24) is 25.4 Å². The van der Waals surface area contributed by atoms with E-state index in [2.05, 4.69) is 20.5 Å². The lowest BCUT2D eigenvalue weighted by Crippen LogP contribution is -2.49. The number of H-pyrrole nitrogens is 1. The van der Waals surface area contributed by atoms with Crippen LogP contribution < -0.4 is 15.0 Å². The number of carbonyl (C=O) groups is 3. The van der Waals surface area contributed by atoms with E-state index in [0.29, 0.717) is 23.7 Å². The number of carbonyl (C=O) groups excluding carboxylic acids is 3. The summed E-state index contributed by atoms with van der Waals surface area (Å²) in [5.74, 6) is 0.0992. The quantitative estimate of drug-likeness (QED) is 0.501. The predicted octanol–water partition coefficient (Wildman–Crippen LogP) is 2.18. The van der Waals surface area contributed by atoms with Gasteiger partial charge >= 0.3 is 0 Å². The summed E-state index contributed by atoms with van der Waals surface area (Å²) < 4.78 is 5.86. The van der Waals surface area contributed by atoms with Crippen LogP contribution in [0.1, 0.15) is 40.4 Å². The molecule has 190 valence electrons. The lowest BCUT2D eigenvalue weighted by molar-refractivity contribution is -0.125. The van der Waals surface area contributed by atoms with Crippen LogP contribution in [0, 0.1) is 0 Å². The summed E-state index contributed by atoms with van der Waals surface area (Å²) in [6.07, 6.45) is 5.86. The molecule has 0 saturated carbocycles. The molecule has 0 spiro atoms. The number of aromatic amines is 1. The number of nitrogens with one attached hydrogen (secondary N) is 2. The molecule has 5 rings (SSSR count). The van der Waals surface area contributed by atoms with Gasteiger partial charge in [0.2, 0.25) is 11.7 Å². The van der Waals surface area contributed by atoms with E-state index in [-0.39, 0.29) is 24.2 Å². The summed E-state index contributed by atoms with van der Waals surface area (Å²) in [5.41, 5.74) is 2.36. The summed E-state index contributed by atoms with van der Waals surface area (Å²) in [4.78, 5) is 45.9. The zero-order valence-electron chi connectivity index (χ0n) is 20.5. The number of anilines is 1. The Morgan fingerprint density at radius 3 is 2.73 bits per heavy atom. The van der Waals surface area contributed by atoms with Gasteiger partial charge in [0, 0.05) is 32.6 Å². The Morgan fingerprint density at radius 2 is 1.95 bits per heavy atom. The molecule has 1 saturated heterocycles. The molecule has 0 radical (unpaired) electrons. The number of hydrogen-bond acceptors (Lipinski definition) is 6. The van der Waals surface area contributed by atoms with Crippen molar-refractivity contribution in [2.24, 2.45) is 0 Å². The average molecular weight is 501 g/mol. The fraction of sp³-hybridized carbons (Fsp3) is 0.296. The smallest absolute Gasteiger partial charge is 0.291 e. The minimum atomic E-state index is -0.920. The Bertz CT molecular complexity index is 1330. The lowest BCUT2D eigenvalue weighted by Gasteiger charge is -2.20. The van der Waals surface area contributed by atoms with Gasteiger partial charge in [-0.15, -0.1) is 5.10 Å². The van der Waals surface area contributed by atoms with E-state index in [1.165, 1.54) is 4.90 Å². The molecule has 0 unspecified atom stereocenters. The second kappa shape index (κ2) is 10.7. The number of likely N-dealkylation sites (tertiary alicyclic amines) is 1. The minimum Gasteiger partial charge on any atom is -0.489 e. The van der Waals surface area contributed by atoms with E-state index in [1.54, 1.807) is 31.3 Å². The summed E-state index contributed by atoms with van der Waals surface area (Å²) in [6, 6.07) is 14.2. The maximum Gasteiger partial charge on any atom is 0.291 e. The Kier molecular flexibility index (Phi) is 6.98. The molecule has 0 bridgehead atoms. The molecular weight excluding hydrogens is 472 g/mol. The number of aromatic nitrogens is 3. The molecule has 2 aromatic carbocycles. The Labute approximate surface area is 214 Å². The number of fused-ring (bicyclic) bond motifs is 1. The van der Waals surface area contributed by atoms with Crippen molar-refractivity contribution in [2.45, 2.75) is 25.3 Å². The molecule has 10 heteroatoms. The maximum absolute atomic E-state index is 13.2. The van der Waals surface area contributed by atoms with Gasteiger partial charge in [0.1, 0.15) is 24.2 Å². The van der Waals surface area contributed by atoms with Crippen LogP contribution >= 0.6 is 0 Å². The molecule has 2 N–H and O–H groups in total. The Morgan fingerprint density at radius 1 is 1.16 bits per heavy atom. The first-order valence-electron chi connectivity index (χ1n) is 12.3. The topological polar surface area (TPSA) is 121 Å². The van der Waals surface area contributed by atoms with Gasteiger partial charge in [-0.25, -0.2) is 4.98 Å². The van der Waals surface area contributed by atoms with Gasteiger partial charge in [-0.05, 0) is 42.2 Å². The van der Waals surface area contributed by atoms with Crippen LogP contribution in [0.4, 0.5) is 5.69 Å². The first-order chi connectivity index (χ1) is 18.0. The van der Waals surface area contributed by atoms with Crippen LogP contribution in [-0.4, -0.2) is 70.6 Å². The average Bonchev–Trinajstić information content (AvgIpc) is 3.61. The summed E-state index contributed by atoms with van der Waals surface area (Å²) in [5, 5.41) is 9.48. The molecule has 1 atom stereocenters. The highest BCUT2D eigenvalue weighted by Gasteiger charge is 2.31. The van der Waals surface area contributed by atoms with Gasteiger partial charge in [-0.3, -0.25) is 19.5 Å². The highest BCUT2D eigenvalue weighted by molar-refractivity contribution is 6.02. The van der Waals surface area contributed by atoms with Crippen molar-refractivity contribution >= 4 is 29.5 Å². The molecule has 37 heavy (non-hydrogen) atoms. The third-order valence-electron chi connectivity index (χ3n) is 6.47. The highest BCUT2D eigenvalue weighted by Crippen LogP contribution is 2.32. The number of likely N-dealkylation sites (N-methyl/N-ethyl adjacent to an activating group) is 1. The van der Waals surface area contributed by atoms with E-state index >= 15 is 0 Å². The van der Waals surface area contributed by atoms with Gasteiger partial charge in [-0.1, -0.05) is 36.4 Å². The molecule has 3 heterocycles. The number of benzene rings is 2. The summed E-state index contributed by atoms with van der Waals surface area (Å²) >= 11 is 0. The molecule has 3 amide bonds. The standard InChI is InChI=1S/C27H28N6O4/c1-32-21-15-19(10-12-24(34)33-13-5-6-14-33)9-11-22(21)37-17-20(27(32)36)28-26(35)25-29-23(30-31-25)16-18-7-3-2-4-8-18/h2-4,7-12,15,20H,5-6,13-14,16-17H2,1H3,(H,28,35)(H,29,30,31)/b12-10+/t20-/m0/s1. The monoisotopic (exact) mass is 500 g/mol. The fourth-order valence-corrected chi connectivity index (χ4v) is 4.42. The van der Waals surface area contributed by atoms with Crippen LogP contribution in [0.2, 0.25) is 0 Å². The minimum absolute atomic E-state index is 0.0187. The lowest BCUT2D eigenvalue weighted by atomic mass is 10.1. The van der Waals surface area contributed by atoms with Crippen molar-refractivity contribution in [3.8, 4) is 5.75 Å². The number of hydrogen-bond donors (Lipinski definition) is 2. The molecule has 1 aromatic heterocycles. The van der Waals surface area contributed by atoms with E-state index in [1.807, 2.05) is 41.3 Å². The van der Waals surface area contributed by atoms with Crippen LogP contribution in [-0.2, 0) is 16.0 Å². The molecule has 10 nitrogen and oxygen atoms in total. The van der Waals surface area contributed by atoms with Gasteiger partial charge in [0.25, 0.3) is 11.8 Å². The number of amides is 3. The van der Waals surface area contributed by atoms with Crippen molar-refractivity contribution in [2.75, 3.05) is 31.6 Å². The molecule has 2 aliphatic rings. The molecule has 1 fully saturated rings. The molecule has 2 aliphatic heterocycles. The number of nitrogens with zero attached hydrogens (tertiary/aromatic N) is 4. The predicted molar refractivity (Wildman–Crippen MR) is 137 cm³/mol. The van der Waals surface area contributed by atoms with Crippen LogP contribution in [0.25, 0.3) is 6.08 Å². The largest absolute Gasteiger partial charge is 0.489 e. The maximum atomic E-state index is 13.2. The van der Waals surface area contributed by atoms with Crippen LogP contribution in [0.15, 0.2) is 54.6 Å². The van der Waals surface area contributed by atoms with Crippen molar-refractivity contribution in [3.05, 3.63) is 77.4 Å². The SMILES string of the molecule is CN1C(=O)[C@@H](NC(=O)c2n[nH]c(Cc3ccccc3)n2)COc2ccc(/C=C/C(=O)N3CCCC3)cc21. The first kappa shape index (κ1) is 24.2. The van der Waals surface area contributed by atoms with E-state index in [4.69, 9.17) is 4.74 Å². The number of ether oxygens (including phenoxy) is 1. The summed E-state index contributed by atoms with van der Waals surface area (Å²) in [6.45, 7) is 1.53. The normalized spacial score (nSPS) is 17.4. The van der Waals surface area contributed by atoms with E-state index < -0.39 is 11.9 Å². The van der Waals surface area contributed by atoms with E-state index in [0.717, 1.165) is 37.1 Å². The second-order valence-electron chi connectivity index (χ2n) is 9.10.